The standard InChI is InChI=1S/C18H22N6S/c1-5-7-13-10-14-15(11-21-13)23(4)16(22-14)12-24-9-8-20-17(24)18(19-3)25-6-2/h6,8-11H,2,5,7,12H2,1,3-4H3. The van der Waals surface area contributed by atoms with Crippen molar-refractivity contribution in [2.24, 2.45) is 12.0 Å². The maximum absolute atomic E-state index is 4.81. The van der Waals surface area contributed by atoms with Crippen LogP contribution in [0, 0.1) is 0 Å². The lowest BCUT2D eigenvalue weighted by Crippen LogP contribution is -2.11. The summed E-state index contributed by atoms with van der Waals surface area (Å²) in [7, 11) is 3.79. The van der Waals surface area contributed by atoms with E-state index in [9.17, 15) is 0 Å². The Bertz CT molecular complexity index is 921. The quantitative estimate of drug-likeness (QED) is 0.503. The Kier molecular flexibility index (Phi) is 5.33. The minimum absolute atomic E-state index is 0.625. The number of hydrogen-bond donors (Lipinski definition) is 0. The fourth-order valence-corrected chi connectivity index (χ4v) is 3.32. The van der Waals surface area contributed by atoms with Gasteiger partial charge in [0.1, 0.15) is 10.9 Å². The van der Waals surface area contributed by atoms with Gasteiger partial charge in [-0.1, -0.05) is 31.7 Å². The van der Waals surface area contributed by atoms with Gasteiger partial charge in [0.2, 0.25) is 0 Å². The maximum atomic E-state index is 4.81. The van der Waals surface area contributed by atoms with Gasteiger partial charge in [-0.15, -0.1) is 0 Å². The van der Waals surface area contributed by atoms with Crippen molar-refractivity contribution in [2.45, 2.75) is 26.3 Å². The second kappa shape index (κ2) is 7.65. The average Bonchev–Trinajstić information content (AvgIpc) is 3.18. The molecule has 0 saturated carbocycles. The first kappa shape index (κ1) is 17.4. The third-order valence-corrected chi connectivity index (χ3v) is 4.79. The van der Waals surface area contributed by atoms with Gasteiger partial charge in [-0.2, -0.15) is 0 Å². The van der Waals surface area contributed by atoms with Crippen molar-refractivity contribution in [3.8, 4) is 0 Å². The van der Waals surface area contributed by atoms with E-state index in [1.165, 1.54) is 11.8 Å². The van der Waals surface area contributed by atoms with Crippen LogP contribution in [0.4, 0.5) is 0 Å². The van der Waals surface area contributed by atoms with E-state index in [0.29, 0.717) is 6.54 Å². The Labute approximate surface area is 151 Å². The molecule has 0 aromatic carbocycles. The van der Waals surface area contributed by atoms with Crippen LogP contribution in [0.1, 0.15) is 30.7 Å². The Morgan fingerprint density at radius 1 is 1.40 bits per heavy atom. The third-order valence-electron chi connectivity index (χ3n) is 4.04. The molecule has 0 atom stereocenters. The summed E-state index contributed by atoms with van der Waals surface area (Å²) in [5, 5.41) is 2.60. The Hall–Kier alpha value is -2.41. The summed E-state index contributed by atoms with van der Waals surface area (Å²) in [5.74, 6) is 1.79. The molecule has 3 aromatic heterocycles. The number of imidazole rings is 2. The van der Waals surface area contributed by atoms with Crippen LogP contribution in [0.3, 0.4) is 0 Å². The largest absolute Gasteiger partial charge is 0.328 e. The zero-order valence-electron chi connectivity index (χ0n) is 14.8. The van der Waals surface area contributed by atoms with E-state index in [1.807, 2.05) is 19.4 Å². The molecule has 0 saturated heterocycles. The molecule has 0 aliphatic rings. The fourth-order valence-electron chi connectivity index (χ4n) is 2.79. The molecule has 6 nitrogen and oxygen atoms in total. The summed E-state index contributed by atoms with van der Waals surface area (Å²) in [5.41, 5.74) is 3.12. The molecule has 0 radical (unpaired) electrons. The van der Waals surface area contributed by atoms with Gasteiger partial charge in [-0.05, 0) is 17.9 Å². The molecule has 0 fully saturated rings. The van der Waals surface area contributed by atoms with E-state index in [-0.39, 0.29) is 0 Å². The topological polar surface area (TPSA) is 60.9 Å². The van der Waals surface area contributed by atoms with Gasteiger partial charge >= 0.3 is 0 Å². The summed E-state index contributed by atoms with van der Waals surface area (Å²) >= 11 is 1.47. The Morgan fingerprint density at radius 3 is 2.96 bits per heavy atom. The van der Waals surface area contributed by atoms with Crippen molar-refractivity contribution in [1.82, 2.24) is 24.1 Å². The van der Waals surface area contributed by atoms with Crippen LogP contribution >= 0.6 is 11.8 Å². The van der Waals surface area contributed by atoms with Crippen molar-refractivity contribution in [2.75, 3.05) is 7.05 Å². The minimum atomic E-state index is 0.625. The second-order valence-electron chi connectivity index (χ2n) is 5.69. The summed E-state index contributed by atoms with van der Waals surface area (Å²) in [6.45, 7) is 6.54. The zero-order chi connectivity index (χ0) is 17.8. The first-order valence-electron chi connectivity index (χ1n) is 8.24. The highest BCUT2D eigenvalue weighted by Crippen LogP contribution is 2.18. The average molecular weight is 354 g/mol. The van der Waals surface area contributed by atoms with Crippen molar-refractivity contribution in [3.63, 3.8) is 0 Å². The van der Waals surface area contributed by atoms with Crippen molar-refractivity contribution < 1.29 is 0 Å². The molecule has 0 amide bonds. The van der Waals surface area contributed by atoms with Gasteiger partial charge in [0.05, 0.1) is 23.8 Å². The summed E-state index contributed by atoms with van der Waals surface area (Å²) < 4.78 is 4.14. The normalized spacial score (nSPS) is 12.0. The highest BCUT2D eigenvalue weighted by Gasteiger charge is 2.14. The van der Waals surface area contributed by atoms with Crippen LogP contribution in [-0.4, -0.2) is 36.2 Å². The molecule has 0 aliphatic heterocycles. The lowest BCUT2D eigenvalue weighted by Gasteiger charge is -2.08. The van der Waals surface area contributed by atoms with Gasteiger partial charge in [0.15, 0.2) is 5.82 Å². The van der Waals surface area contributed by atoms with Crippen LogP contribution in [0.2, 0.25) is 0 Å². The monoisotopic (exact) mass is 354 g/mol. The number of pyridine rings is 1. The Morgan fingerprint density at radius 2 is 2.24 bits per heavy atom. The SMILES string of the molecule is C=CSC(=NC)c1nccn1Cc1nc2cc(CCC)ncc2n1C. The van der Waals surface area contributed by atoms with Gasteiger partial charge in [0, 0.05) is 32.2 Å². The predicted molar refractivity (Wildman–Crippen MR) is 104 cm³/mol. The number of aliphatic imine (C=N–C) groups is 1. The molecule has 3 aromatic rings. The molecule has 130 valence electrons. The zero-order valence-corrected chi connectivity index (χ0v) is 15.6. The third kappa shape index (κ3) is 3.51. The first-order valence-corrected chi connectivity index (χ1v) is 9.12. The molecule has 3 rings (SSSR count). The van der Waals surface area contributed by atoms with Crippen molar-refractivity contribution in [3.05, 3.63) is 54.0 Å². The van der Waals surface area contributed by atoms with E-state index >= 15 is 0 Å². The van der Waals surface area contributed by atoms with Crippen LogP contribution in [0.15, 0.2) is 41.6 Å². The van der Waals surface area contributed by atoms with E-state index in [4.69, 9.17) is 4.98 Å². The minimum Gasteiger partial charge on any atom is -0.328 e. The molecular weight excluding hydrogens is 332 g/mol. The lowest BCUT2D eigenvalue weighted by atomic mass is 10.2. The maximum Gasteiger partial charge on any atom is 0.165 e. The van der Waals surface area contributed by atoms with Crippen LogP contribution in [0.25, 0.3) is 11.0 Å². The predicted octanol–water partition coefficient (Wildman–Crippen LogP) is 3.42. The fraction of sp³-hybridized carbons (Fsp3) is 0.333. The number of nitrogens with zero attached hydrogens (tertiary/aromatic N) is 6. The number of fused-ring (bicyclic) bond motifs is 1. The van der Waals surface area contributed by atoms with Crippen molar-refractivity contribution >= 4 is 27.8 Å². The van der Waals surface area contributed by atoms with Crippen LogP contribution < -0.4 is 0 Å². The molecule has 3 heterocycles. The van der Waals surface area contributed by atoms with E-state index in [0.717, 1.165) is 46.3 Å². The van der Waals surface area contributed by atoms with Gasteiger partial charge < -0.3 is 9.13 Å². The highest BCUT2D eigenvalue weighted by atomic mass is 32.2. The molecule has 0 bridgehead atoms. The van der Waals surface area contributed by atoms with Crippen LogP contribution in [0.5, 0.6) is 0 Å². The molecule has 0 N–H and O–H groups in total. The molecular formula is C18H22N6S. The summed E-state index contributed by atoms with van der Waals surface area (Å²) in [6, 6.07) is 2.09. The number of hydrogen-bond acceptors (Lipinski definition) is 5. The molecule has 0 spiro atoms. The lowest BCUT2D eigenvalue weighted by molar-refractivity contribution is 0.703. The molecule has 7 heteroatoms. The van der Waals surface area contributed by atoms with Gasteiger partial charge in [0.25, 0.3) is 0 Å². The molecule has 0 unspecified atom stereocenters. The van der Waals surface area contributed by atoms with E-state index < -0.39 is 0 Å². The summed E-state index contributed by atoms with van der Waals surface area (Å²) in [4.78, 5) is 18.1. The number of thioether (sulfide) groups is 1. The smallest absolute Gasteiger partial charge is 0.165 e. The van der Waals surface area contributed by atoms with Crippen LogP contribution in [-0.2, 0) is 20.0 Å². The Balaban J connectivity index is 1.95. The van der Waals surface area contributed by atoms with E-state index in [1.54, 1.807) is 18.7 Å². The highest BCUT2D eigenvalue weighted by molar-refractivity contribution is 8.16. The van der Waals surface area contributed by atoms with Crippen molar-refractivity contribution in [1.29, 1.82) is 0 Å². The van der Waals surface area contributed by atoms with Gasteiger partial charge in [-0.3, -0.25) is 9.98 Å². The first-order chi connectivity index (χ1) is 12.2. The summed E-state index contributed by atoms with van der Waals surface area (Å²) in [6.07, 6.45) is 7.70. The number of rotatable bonds is 6. The van der Waals surface area contributed by atoms with E-state index in [2.05, 4.69) is 43.7 Å². The molecule has 25 heavy (non-hydrogen) atoms. The molecule has 0 aliphatic carbocycles. The van der Waals surface area contributed by atoms with Gasteiger partial charge in [-0.25, -0.2) is 9.97 Å². The number of aromatic nitrogens is 5. The second-order valence-corrected chi connectivity index (χ2v) is 6.65. The number of aryl methyl sites for hydroxylation is 2.